The van der Waals surface area contributed by atoms with Crippen LogP contribution in [-0.2, 0) is 0 Å². The van der Waals surface area contributed by atoms with Crippen LogP contribution in [0.25, 0.3) is 11.3 Å². The molecule has 1 aromatic heterocycles. The molecule has 1 N–H and O–H groups in total. The second-order valence-electron chi connectivity index (χ2n) is 7.93. The summed E-state index contributed by atoms with van der Waals surface area (Å²) in [4.78, 5) is 4.72. The highest BCUT2D eigenvalue weighted by Crippen LogP contribution is 2.43. The Morgan fingerprint density at radius 1 is 1.03 bits per heavy atom. The van der Waals surface area contributed by atoms with E-state index in [9.17, 15) is 0 Å². The average Bonchev–Trinajstić information content (AvgIpc) is 3.02. The van der Waals surface area contributed by atoms with Gasteiger partial charge in [0.25, 0.3) is 0 Å². The molecule has 2 heterocycles. The fourth-order valence-corrected chi connectivity index (χ4v) is 4.82. The first kappa shape index (κ1) is 24.4. The molecule has 0 bridgehead atoms. The maximum atomic E-state index is 6.62. The standard InChI is InChI=1S/C25H29ClN4O3S/c1-4-5-6-7-10-13-34-25-28-24-22(29-30-25)16-11-8-9-12-19(16)27-23(33-24)17-14-20(31-2)21(32-3)15-18(17)26/h8-9,11-12,14-15,23,27H,4-7,10,13H2,1-3H3/t23-/m0/s1. The molecule has 1 aliphatic heterocycles. The minimum Gasteiger partial charge on any atom is -0.493 e. The van der Waals surface area contributed by atoms with Crippen LogP contribution in [0.5, 0.6) is 17.4 Å². The number of nitrogens with zero attached hydrogens (tertiary/aromatic N) is 3. The van der Waals surface area contributed by atoms with Gasteiger partial charge in [-0.2, -0.15) is 4.98 Å². The molecule has 0 unspecified atom stereocenters. The SMILES string of the molecule is CCCCCCCSc1nnc2c(n1)O[C@@H](c1cc(OC)c(OC)cc1Cl)Nc1ccccc1-2. The summed E-state index contributed by atoms with van der Waals surface area (Å²) in [7, 11) is 3.16. The van der Waals surface area contributed by atoms with E-state index in [4.69, 9.17) is 30.8 Å². The Kier molecular flexibility index (Phi) is 8.34. The number of rotatable bonds is 10. The number of halogens is 1. The van der Waals surface area contributed by atoms with Gasteiger partial charge in [-0.25, -0.2) is 0 Å². The highest BCUT2D eigenvalue weighted by Gasteiger charge is 2.28. The second kappa shape index (κ2) is 11.6. The van der Waals surface area contributed by atoms with Crippen molar-refractivity contribution in [3.63, 3.8) is 0 Å². The highest BCUT2D eigenvalue weighted by atomic mass is 35.5. The summed E-state index contributed by atoms with van der Waals surface area (Å²) < 4.78 is 17.2. The quantitative estimate of drug-likeness (QED) is 0.241. The van der Waals surface area contributed by atoms with Crippen molar-refractivity contribution < 1.29 is 14.2 Å². The number of para-hydroxylation sites is 1. The number of hydrogen-bond donors (Lipinski definition) is 1. The molecule has 0 saturated carbocycles. The summed E-state index contributed by atoms with van der Waals surface area (Å²) in [5, 5.41) is 13.4. The van der Waals surface area contributed by atoms with Gasteiger partial charge in [0, 0.05) is 28.6 Å². The second-order valence-corrected chi connectivity index (χ2v) is 9.40. The molecule has 1 aliphatic rings. The van der Waals surface area contributed by atoms with Crippen LogP contribution >= 0.6 is 23.4 Å². The molecule has 0 amide bonds. The zero-order chi connectivity index (χ0) is 23.9. The Bertz CT molecular complexity index is 1130. The van der Waals surface area contributed by atoms with E-state index in [0.29, 0.717) is 38.8 Å². The number of thioether (sulfide) groups is 1. The van der Waals surface area contributed by atoms with Gasteiger partial charge in [-0.1, -0.05) is 74.2 Å². The Balaban J connectivity index is 1.64. The Morgan fingerprint density at radius 2 is 1.79 bits per heavy atom. The van der Waals surface area contributed by atoms with Crippen LogP contribution in [0.2, 0.25) is 5.02 Å². The van der Waals surface area contributed by atoms with E-state index < -0.39 is 6.23 Å². The predicted octanol–water partition coefficient (Wildman–Crippen LogP) is 6.77. The molecule has 0 radical (unpaired) electrons. The third kappa shape index (κ3) is 5.50. The van der Waals surface area contributed by atoms with Gasteiger partial charge in [0.1, 0.15) is 0 Å². The third-order valence-electron chi connectivity index (χ3n) is 5.60. The van der Waals surface area contributed by atoms with Crippen LogP contribution in [0.4, 0.5) is 5.69 Å². The van der Waals surface area contributed by atoms with Gasteiger partial charge in [0.2, 0.25) is 11.0 Å². The van der Waals surface area contributed by atoms with Crippen molar-refractivity contribution >= 4 is 29.1 Å². The van der Waals surface area contributed by atoms with Gasteiger partial charge in [-0.15, -0.1) is 10.2 Å². The lowest BCUT2D eigenvalue weighted by atomic mass is 10.1. The largest absolute Gasteiger partial charge is 0.493 e. The first-order valence-corrected chi connectivity index (χ1v) is 12.8. The summed E-state index contributed by atoms with van der Waals surface area (Å²) in [6, 6.07) is 11.4. The van der Waals surface area contributed by atoms with Crippen LogP contribution in [0.15, 0.2) is 41.6 Å². The number of methoxy groups -OCH3 is 2. The van der Waals surface area contributed by atoms with Crippen molar-refractivity contribution in [1.29, 1.82) is 0 Å². The Hall–Kier alpha value is -2.71. The summed E-state index contributed by atoms with van der Waals surface area (Å²) in [6.07, 6.45) is 5.51. The lowest BCUT2D eigenvalue weighted by molar-refractivity contribution is 0.224. The molecule has 180 valence electrons. The number of hydrogen-bond acceptors (Lipinski definition) is 8. The van der Waals surface area contributed by atoms with Crippen LogP contribution in [0.1, 0.15) is 50.8 Å². The van der Waals surface area contributed by atoms with Crippen LogP contribution in [0.3, 0.4) is 0 Å². The topological polar surface area (TPSA) is 78.4 Å². The van der Waals surface area contributed by atoms with Crippen LogP contribution < -0.4 is 19.5 Å². The van der Waals surface area contributed by atoms with Gasteiger partial charge >= 0.3 is 0 Å². The molecule has 2 aromatic carbocycles. The van der Waals surface area contributed by atoms with Gasteiger partial charge in [-0.3, -0.25) is 0 Å². The number of benzene rings is 2. The summed E-state index contributed by atoms with van der Waals surface area (Å²) >= 11 is 8.22. The van der Waals surface area contributed by atoms with Crippen molar-refractivity contribution in [3.8, 4) is 28.6 Å². The minimum atomic E-state index is -0.613. The molecule has 0 saturated heterocycles. The molecule has 0 fully saturated rings. The molecule has 34 heavy (non-hydrogen) atoms. The van der Waals surface area contributed by atoms with E-state index in [2.05, 4.69) is 22.4 Å². The molecule has 0 spiro atoms. The minimum absolute atomic E-state index is 0.414. The number of unbranched alkanes of at least 4 members (excludes halogenated alkanes) is 4. The van der Waals surface area contributed by atoms with Crippen molar-refractivity contribution in [2.24, 2.45) is 0 Å². The number of fused-ring (bicyclic) bond motifs is 3. The molecule has 3 aromatic rings. The molecule has 1 atom stereocenters. The first-order valence-electron chi connectivity index (χ1n) is 11.5. The van der Waals surface area contributed by atoms with E-state index in [-0.39, 0.29) is 0 Å². The van der Waals surface area contributed by atoms with E-state index in [0.717, 1.165) is 23.4 Å². The van der Waals surface area contributed by atoms with Crippen molar-refractivity contribution in [2.75, 3.05) is 25.3 Å². The van der Waals surface area contributed by atoms with Crippen molar-refractivity contribution in [1.82, 2.24) is 15.2 Å². The van der Waals surface area contributed by atoms with Crippen molar-refractivity contribution in [3.05, 3.63) is 47.0 Å². The lowest BCUT2D eigenvalue weighted by Crippen LogP contribution is -2.18. The average molecular weight is 501 g/mol. The smallest absolute Gasteiger partial charge is 0.247 e. The third-order valence-corrected chi connectivity index (χ3v) is 6.85. The fraction of sp³-hybridized carbons (Fsp3) is 0.400. The van der Waals surface area contributed by atoms with Gasteiger partial charge in [0.15, 0.2) is 23.4 Å². The molecule has 7 nitrogen and oxygen atoms in total. The van der Waals surface area contributed by atoms with E-state index >= 15 is 0 Å². The molecule has 4 rings (SSSR count). The number of ether oxygens (including phenoxy) is 3. The molecular weight excluding hydrogens is 472 g/mol. The number of nitrogens with one attached hydrogen (secondary N) is 1. The molecule has 9 heteroatoms. The van der Waals surface area contributed by atoms with Gasteiger partial charge in [-0.05, 0) is 18.6 Å². The van der Waals surface area contributed by atoms with E-state index in [1.807, 2.05) is 30.3 Å². The summed E-state index contributed by atoms with van der Waals surface area (Å²) in [5.41, 5.74) is 3.01. The monoisotopic (exact) mass is 500 g/mol. The zero-order valence-corrected chi connectivity index (χ0v) is 21.2. The highest BCUT2D eigenvalue weighted by molar-refractivity contribution is 7.99. The number of aromatic nitrogens is 3. The van der Waals surface area contributed by atoms with Gasteiger partial charge < -0.3 is 19.5 Å². The van der Waals surface area contributed by atoms with Crippen LogP contribution in [-0.4, -0.2) is 35.2 Å². The number of anilines is 1. The molecule has 0 aliphatic carbocycles. The van der Waals surface area contributed by atoms with E-state index in [1.165, 1.54) is 25.7 Å². The normalized spacial score (nSPS) is 14.3. The van der Waals surface area contributed by atoms with Gasteiger partial charge in [0.05, 0.1) is 19.2 Å². The van der Waals surface area contributed by atoms with Crippen molar-refractivity contribution in [2.45, 2.75) is 50.4 Å². The first-order chi connectivity index (χ1) is 16.6. The Labute approximate surface area is 209 Å². The Morgan fingerprint density at radius 3 is 2.59 bits per heavy atom. The summed E-state index contributed by atoms with van der Waals surface area (Å²) in [5.74, 6) is 2.47. The maximum absolute atomic E-state index is 6.62. The van der Waals surface area contributed by atoms with Crippen LogP contribution in [0, 0.1) is 0 Å². The zero-order valence-electron chi connectivity index (χ0n) is 19.6. The maximum Gasteiger partial charge on any atom is 0.247 e. The van der Waals surface area contributed by atoms with E-state index in [1.54, 1.807) is 32.0 Å². The summed E-state index contributed by atoms with van der Waals surface area (Å²) in [6.45, 7) is 2.22. The lowest BCUT2D eigenvalue weighted by Gasteiger charge is -2.21. The predicted molar refractivity (Wildman–Crippen MR) is 136 cm³/mol. The molecular formula is C25H29ClN4O3S. The fourth-order valence-electron chi connectivity index (χ4n) is 3.79.